The van der Waals surface area contributed by atoms with Crippen LogP contribution in [0.25, 0.3) is 0 Å². The van der Waals surface area contributed by atoms with Gasteiger partial charge in [0.2, 0.25) is 0 Å². The fourth-order valence-electron chi connectivity index (χ4n) is 4.03. The molecule has 0 saturated heterocycles. The molecule has 130 valence electrons. The van der Waals surface area contributed by atoms with E-state index in [-0.39, 0.29) is 6.42 Å². The molecule has 0 heterocycles. The number of hydrogen-bond acceptors (Lipinski definition) is 3. The number of rotatable bonds is 12. The van der Waals surface area contributed by atoms with Gasteiger partial charge in [-0.3, -0.25) is 4.79 Å². The molecule has 3 N–H and O–H groups in total. The molecule has 0 radical (unpaired) electrons. The first-order chi connectivity index (χ1) is 10.3. The Morgan fingerprint density at radius 1 is 0.909 bits per heavy atom. The maximum Gasteiger partial charge on any atom is 0.336 e. The highest BCUT2D eigenvalue weighted by Crippen LogP contribution is 2.45. The van der Waals surface area contributed by atoms with Gasteiger partial charge < -0.3 is 15.3 Å². The minimum Gasteiger partial charge on any atom is -0.481 e. The first-order valence-corrected chi connectivity index (χ1v) is 11.1. The monoisotopic (exact) mass is 332 g/mol. The van der Waals surface area contributed by atoms with Gasteiger partial charge >= 0.3 is 11.9 Å². The van der Waals surface area contributed by atoms with Crippen molar-refractivity contribution in [1.82, 2.24) is 0 Å². The van der Waals surface area contributed by atoms with Crippen molar-refractivity contribution < 1.29 is 24.9 Å². The first kappa shape index (κ1) is 21.1. The summed E-state index contributed by atoms with van der Waals surface area (Å²) in [5, 5.41) is 30.2. The maximum atomic E-state index is 12.0. The molecule has 0 spiro atoms. The number of aliphatic hydroxyl groups is 1. The zero-order valence-electron chi connectivity index (χ0n) is 14.4. The molecule has 0 aromatic rings. The largest absolute Gasteiger partial charge is 0.481 e. The molecular weight excluding hydrogens is 300 g/mol. The fraction of sp³-hybridized carbons (Fsp3) is 0.875. The van der Waals surface area contributed by atoms with Gasteiger partial charge in [0.25, 0.3) is 0 Å². The van der Waals surface area contributed by atoms with Gasteiger partial charge in [0.15, 0.2) is 5.60 Å². The van der Waals surface area contributed by atoms with E-state index >= 15 is 0 Å². The second-order valence-electron chi connectivity index (χ2n) is 6.36. The van der Waals surface area contributed by atoms with Crippen LogP contribution in [0.4, 0.5) is 0 Å². The van der Waals surface area contributed by atoms with Crippen LogP contribution >= 0.6 is 0 Å². The molecule has 0 amide bonds. The summed E-state index contributed by atoms with van der Waals surface area (Å²) in [6.45, 7) is 7.79. The van der Waals surface area contributed by atoms with Crippen LogP contribution in [0.2, 0.25) is 23.7 Å². The van der Waals surface area contributed by atoms with Crippen molar-refractivity contribution in [3.05, 3.63) is 0 Å². The third-order valence-corrected chi connectivity index (χ3v) is 11.0. The van der Waals surface area contributed by atoms with Gasteiger partial charge in [-0.05, 0) is 6.42 Å². The summed E-state index contributed by atoms with van der Waals surface area (Å²) in [6.07, 6.45) is 2.93. The summed E-state index contributed by atoms with van der Waals surface area (Å²) in [7, 11) is -2.45. The van der Waals surface area contributed by atoms with Gasteiger partial charge in [-0.15, -0.1) is 0 Å². The topological polar surface area (TPSA) is 94.8 Å². The number of carbonyl (C=O) groups is 2. The Morgan fingerprint density at radius 2 is 1.32 bits per heavy atom. The lowest BCUT2D eigenvalue weighted by Gasteiger charge is -2.43. The molecule has 0 rings (SSSR count). The van der Waals surface area contributed by atoms with Crippen molar-refractivity contribution in [3.63, 3.8) is 0 Å². The summed E-state index contributed by atoms with van der Waals surface area (Å²) in [5.74, 6) is -2.53. The third-order valence-electron chi connectivity index (χ3n) is 4.58. The molecule has 0 bridgehead atoms. The van der Waals surface area contributed by atoms with Gasteiger partial charge in [0, 0.05) is 0 Å². The molecule has 2 atom stereocenters. The molecule has 0 aromatic heterocycles. The van der Waals surface area contributed by atoms with Gasteiger partial charge in [-0.25, -0.2) is 4.79 Å². The van der Waals surface area contributed by atoms with E-state index in [1.54, 1.807) is 6.92 Å². The van der Waals surface area contributed by atoms with E-state index in [2.05, 4.69) is 0 Å². The number of hydrogen-bond donors (Lipinski definition) is 3. The minimum absolute atomic E-state index is 0.00874. The van der Waals surface area contributed by atoms with Crippen LogP contribution in [-0.4, -0.2) is 40.9 Å². The van der Waals surface area contributed by atoms with E-state index < -0.39 is 31.2 Å². The lowest BCUT2D eigenvalue weighted by molar-refractivity contribution is -0.166. The molecule has 0 aliphatic rings. The Labute approximate surface area is 134 Å². The Bertz CT molecular complexity index is 355. The van der Waals surface area contributed by atoms with Crippen LogP contribution < -0.4 is 0 Å². The summed E-state index contributed by atoms with van der Waals surface area (Å²) in [5.41, 5.74) is -3.29. The van der Waals surface area contributed by atoms with Gasteiger partial charge in [0.1, 0.15) is 0 Å². The van der Waals surface area contributed by atoms with Crippen LogP contribution in [0.5, 0.6) is 0 Å². The van der Waals surface area contributed by atoms with Gasteiger partial charge in [-0.1, -0.05) is 71.5 Å². The van der Waals surface area contributed by atoms with Crippen molar-refractivity contribution >= 4 is 20.0 Å². The van der Waals surface area contributed by atoms with Crippen molar-refractivity contribution in [2.24, 2.45) is 0 Å². The highest BCUT2D eigenvalue weighted by atomic mass is 28.3. The molecular formula is C16H32O5Si. The molecule has 2 unspecified atom stereocenters. The molecule has 0 aromatic carbocycles. The Kier molecular flexibility index (Phi) is 8.93. The lowest BCUT2D eigenvalue weighted by Crippen LogP contribution is -2.58. The standard InChI is InChI=1S/C16H32O5Si/c1-5-9-16(21,15(19)20)13(14(17)18)22(10-6-2,11-7-3)12-8-4/h13,21H,5-12H2,1-4H3,(H,17,18)(H,19,20). The Balaban J connectivity index is 6.10. The van der Waals surface area contributed by atoms with Crippen LogP contribution in [0.1, 0.15) is 59.8 Å². The van der Waals surface area contributed by atoms with Crippen LogP contribution in [0.15, 0.2) is 0 Å². The molecule has 6 heteroatoms. The van der Waals surface area contributed by atoms with Crippen molar-refractivity contribution in [2.45, 2.75) is 89.1 Å². The van der Waals surface area contributed by atoms with Crippen LogP contribution in [-0.2, 0) is 9.59 Å². The van der Waals surface area contributed by atoms with Crippen molar-refractivity contribution in [3.8, 4) is 0 Å². The van der Waals surface area contributed by atoms with Gasteiger partial charge in [-0.2, -0.15) is 0 Å². The molecule has 0 aliphatic carbocycles. The van der Waals surface area contributed by atoms with E-state index in [1.165, 1.54) is 0 Å². The summed E-state index contributed by atoms with van der Waals surface area (Å²) in [4.78, 5) is 23.7. The Hall–Kier alpha value is -0.883. The van der Waals surface area contributed by atoms with Crippen LogP contribution in [0.3, 0.4) is 0 Å². The fourth-order valence-corrected chi connectivity index (χ4v) is 10.4. The highest BCUT2D eigenvalue weighted by Gasteiger charge is 2.57. The Morgan fingerprint density at radius 3 is 1.55 bits per heavy atom. The zero-order valence-corrected chi connectivity index (χ0v) is 15.4. The predicted molar refractivity (Wildman–Crippen MR) is 89.9 cm³/mol. The van der Waals surface area contributed by atoms with Crippen LogP contribution in [0, 0.1) is 0 Å². The smallest absolute Gasteiger partial charge is 0.336 e. The maximum absolute atomic E-state index is 12.0. The average molecular weight is 333 g/mol. The number of aliphatic carboxylic acids is 2. The second-order valence-corrected chi connectivity index (χ2v) is 11.2. The average Bonchev–Trinajstić information content (AvgIpc) is 2.39. The normalized spacial score (nSPS) is 16.0. The number of carboxylic acid groups (broad SMARTS) is 2. The van der Waals surface area contributed by atoms with Crippen molar-refractivity contribution in [1.29, 1.82) is 0 Å². The predicted octanol–water partition coefficient (Wildman–Crippen LogP) is 3.74. The summed E-state index contributed by atoms with van der Waals surface area (Å²) in [6, 6.07) is 2.26. The zero-order chi connectivity index (χ0) is 17.4. The van der Waals surface area contributed by atoms with E-state index in [0.717, 1.165) is 37.4 Å². The quantitative estimate of drug-likeness (QED) is 0.473. The first-order valence-electron chi connectivity index (χ1n) is 8.44. The summed E-state index contributed by atoms with van der Waals surface area (Å²) < 4.78 is 0. The lowest BCUT2D eigenvalue weighted by atomic mass is 9.93. The molecule has 0 fully saturated rings. The molecule has 5 nitrogen and oxygen atoms in total. The van der Waals surface area contributed by atoms with E-state index in [1.807, 2.05) is 20.8 Å². The minimum atomic E-state index is -2.45. The van der Waals surface area contributed by atoms with E-state index in [0.29, 0.717) is 6.42 Å². The number of carboxylic acids is 2. The molecule has 0 aliphatic heterocycles. The molecule has 22 heavy (non-hydrogen) atoms. The van der Waals surface area contributed by atoms with E-state index in [4.69, 9.17) is 0 Å². The van der Waals surface area contributed by atoms with Crippen molar-refractivity contribution in [2.75, 3.05) is 0 Å². The van der Waals surface area contributed by atoms with Gasteiger partial charge in [0.05, 0.1) is 13.6 Å². The molecule has 0 saturated carbocycles. The third kappa shape index (κ3) is 4.55. The van der Waals surface area contributed by atoms with E-state index in [9.17, 15) is 24.9 Å². The summed E-state index contributed by atoms with van der Waals surface area (Å²) >= 11 is 0. The highest BCUT2D eigenvalue weighted by molar-refractivity contribution is 6.84. The second kappa shape index (κ2) is 9.30. The SMILES string of the molecule is CCCC(O)(C(=O)O)C(C(=O)O)[Si](CCC)(CCC)CCC.